The molecule has 128 valence electrons. The van der Waals surface area contributed by atoms with Gasteiger partial charge in [-0.3, -0.25) is 0 Å². The number of hydrogen-bond acceptors (Lipinski definition) is 3. The second kappa shape index (κ2) is 6.27. The topological polar surface area (TPSA) is 61.8 Å². The average molecular weight is 332 g/mol. The minimum Gasteiger partial charge on any atom is -0.494 e. The molecule has 23 heavy (non-hydrogen) atoms. The van der Waals surface area contributed by atoms with Gasteiger partial charge in [-0.15, -0.1) is 0 Å². The van der Waals surface area contributed by atoms with Gasteiger partial charge in [0.1, 0.15) is 5.75 Å². The van der Waals surface area contributed by atoms with Gasteiger partial charge in [0.15, 0.2) is 5.60 Å². The predicted molar refractivity (Wildman–Crippen MR) is 78.6 cm³/mol. The van der Waals surface area contributed by atoms with Crippen molar-refractivity contribution in [1.29, 1.82) is 0 Å². The highest BCUT2D eigenvalue weighted by Gasteiger charge is 2.57. The lowest BCUT2D eigenvalue weighted by atomic mass is 10.0. The number of carbonyl (C=O) groups excluding carboxylic acids is 1. The van der Waals surface area contributed by atoms with Crippen molar-refractivity contribution in [2.24, 2.45) is 0 Å². The first-order valence-corrected chi connectivity index (χ1v) is 7.25. The molecule has 1 atom stereocenters. The number of ether oxygens (including phenoxy) is 1. The molecule has 1 aliphatic rings. The molecule has 0 spiro atoms. The van der Waals surface area contributed by atoms with Gasteiger partial charge in [-0.2, -0.15) is 13.2 Å². The molecule has 2 amide bonds. The molecule has 1 saturated heterocycles. The Labute approximate surface area is 132 Å². The highest BCUT2D eigenvalue weighted by atomic mass is 19.4. The minimum absolute atomic E-state index is 0.161. The van der Waals surface area contributed by atoms with Crippen LogP contribution in [0.4, 0.5) is 23.7 Å². The van der Waals surface area contributed by atoms with E-state index in [-0.39, 0.29) is 6.54 Å². The Hall–Kier alpha value is -1.96. The van der Waals surface area contributed by atoms with Crippen molar-refractivity contribution in [2.45, 2.75) is 32.0 Å². The maximum atomic E-state index is 12.8. The van der Waals surface area contributed by atoms with E-state index in [1.54, 1.807) is 18.2 Å². The summed E-state index contributed by atoms with van der Waals surface area (Å²) in [4.78, 5) is 13.0. The molecule has 1 aromatic rings. The summed E-state index contributed by atoms with van der Waals surface area (Å²) in [6, 6.07) is 4.32. The van der Waals surface area contributed by atoms with Gasteiger partial charge in [0.05, 0.1) is 13.2 Å². The molecule has 8 heteroatoms. The van der Waals surface area contributed by atoms with Gasteiger partial charge in [0.2, 0.25) is 0 Å². The summed E-state index contributed by atoms with van der Waals surface area (Å²) >= 11 is 0. The van der Waals surface area contributed by atoms with E-state index in [2.05, 4.69) is 5.32 Å². The van der Waals surface area contributed by atoms with Gasteiger partial charge < -0.3 is 20.1 Å². The first-order chi connectivity index (χ1) is 10.7. The maximum absolute atomic E-state index is 12.8. The van der Waals surface area contributed by atoms with Crippen molar-refractivity contribution in [3.05, 3.63) is 23.8 Å². The molecule has 1 heterocycles. The van der Waals surface area contributed by atoms with Crippen molar-refractivity contribution >= 4 is 11.7 Å². The minimum atomic E-state index is -4.76. The van der Waals surface area contributed by atoms with Gasteiger partial charge >= 0.3 is 12.2 Å². The Balaban J connectivity index is 2.05. The third-order valence-electron chi connectivity index (χ3n) is 3.80. The zero-order valence-corrected chi connectivity index (χ0v) is 12.9. The lowest BCUT2D eigenvalue weighted by molar-refractivity contribution is -0.253. The fraction of sp³-hybridized carbons (Fsp3) is 0.533. The molecule has 2 N–H and O–H groups in total. The van der Waals surface area contributed by atoms with Crippen LogP contribution in [0.1, 0.15) is 18.9 Å². The normalized spacial score (nSPS) is 21.4. The zero-order valence-electron chi connectivity index (χ0n) is 12.9. The van der Waals surface area contributed by atoms with E-state index < -0.39 is 30.8 Å². The number of rotatable bonds is 3. The largest absolute Gasteiger partial charge is 0.494 e. The van der Waals surface area contributed by atoms with Crippen LogP contribution in [0.3, 0.4) is 0 Å². The van der Waals surface area contributed by atoms with Crippen molar-refractivity contribution in [3.63, 3.8) is 0 Å². The van der Waals surface area contributed by atoms with Crippen molar-refractivity contribution < 1.29 is 27.8 Å². The fourth-order valence-electron chi connectivity index (χ4n) is 2.39. The predicted octanol–water partition coefficient (Wildman–Crippen LogP) is 2.92. The first-order valence-electron chi connectivity index (χ1n) is 7.25. The molecular weight excluding hydrogens is 313 g/mol. The van der Waals surface area contributed by atoms with E-state index in [1.165, 1.54) is 0 Å². The van der Waals surface area contributed by atoms with Crippen LogP contribution < -0.4 is 10.1 Å². The zero-order chi connectivity index (χ0) is 17.3. The number of benzene rings is 1. The number of carbonyl (C=O) groups is 1. The van der Waals surface area contributed by atoms with E-state index in [0.717, 1.165) is 10.5 Å². The number of hydrogen-bond donors (Lipinski definition) is 2. The fourth-order valence-corrected chi connectivity index (χ4v) is 2.39. The van der Waals surface area contributed by atoms with Gasteiger partial charge in [-0.05, 0) is 25.5 Å². The van der Waals surface area contributed by atoms with Crippen molar-refractivity contribution in [2.75, 3.05) is 25.0 Å². The summed E-state index contributed by atoms with van der Waals surface area (Å²) in [5.74, 6) is 0.596. The van der Waals surface area contributed by atoms with Gasteiger partial charge in [0, 0.05) is 24.7 Å². The van der Waals surface area contributed by atoms with E-state index in [4.69, 9.17) is 4.74 Å². The van der Waals surface area contributed by atoms with E-state index in [9.17, 15) is 23.1 Å². The van der Waals surface area contributed by atoms with Gasteiger partial charge in [0.25, 0.3) is 0 Å². The summed E-state index contributed by atoms with van der Waals surface area (Å²) in [6.07, 6.45) is -5.28. The van der Waals surface area contributed by atoms with Crippen LogP contribution in [0.25, 0.3) is 0 Å². The average Bonchev–Trinajstić information content (AvgIpc) is 2.86. The highest BCUT2D eigenvalue weighted by Crippen LogP contribution is 2.37. The third kappa shape index (κ3) is 3.69. The monoisotopic (exact) mass is 332 g/mol. The van der Waals surface area contributed by atoms with Gasteiger partial charge in [-0.25, -0.2) is 4.79 Å². The summed E-state index contributed by atoms with van der Waals surface area (Å²) < 4.78 is 43.7. The molecule has 0 aromatic heterocycles. The molecule has 0 aliphatic carbocycles. The number of amides is 2. The Kier molecular flexibility index (Phi) is 4.74. The third-order valence-corrected chi connectivity index (χ3v) is 3.80. The van der Waals surface area contributed by atoms with E-state index in [1.807, 2.05) is 13.8 Å². The van der Waals surface area contributed by atoms with Crippen LogP contribution >= 0.6 is 0 Å². The SMILES string of the molecule is CCOc1cc(NC(=O)N2CCC(O)(C(F)(F)F)C2)ccc1C. The number of halogens is 3. The summed E-state index contributed by atoms with van der Waals surface area (Å²) in [7, 11) is 0. The molecule has 0 bridgehead atoms. The number of alkyl halides is 3. The Bertz CT molecular complexity index is 592. The second-order valence-electron chi connectivity index (χ2n) is 5.54. The van der Waals surface area contributed by atoms with Crippen LogP contribution in [-0.4, -0.2) is 47.5 Å². The van der Waals surface area contributed by atoms with Crippen LogP contribution in [0.15, 0.2) is 18.2 Å². The molecule has 1 aromatic carbocycles. The molecule has 2 rings (SSSR count). The Morgan fingerprint density at radius 3 is 2.74 bits per heavy atom. The van der Waals surface area contributed by atoms with Crippen LogP contribution in [0.2, 0.25) is 0 Å². The number of aryl methyl sites for hydroxylation is 1. The number of aliphatic hydroxyl groups is 1. The van der Waals surface area contributed by atoms with Crippen LogP contribution in [0.5, 0.6) is 5.75 Å². The molecule has 1 fully saturated rings. The molecule has 1 aliphatic heterocycles. The number of nitrogens with zero attached hydrogens (tertiary/aromatic N) is 1. The van der Waals surface area contributed by atoms with Crippen molar-refractivity contribution in [1.82, 2.24) is 4.90 Å². The lowest BCUT2D eigenvalue weighted by Gasteiger charge is -2.26. The number of likely N-dealkylation sites (tertiary alicyclic amines) is 1. The number of β-amino-alcohol motifs (C(OH)–C–C–N with tert-alkyl or cyclic N) is 1. The quantitative estimate of drug-likeness (QED) is 0.895. The number of anilines is 1. The highest BCUT2D eigenvalue weighted by molar-refractivity contribution is 5.90. The summed E-state index contributed by atoms with van der Waals surface area (Å²) in [5, 5.41) is 12.1. The lowest BCUT2D eigenvalue weighted by Crippen LogP contribution is -2.48. The summed E-state index contributed by atoms with van der Waals surface area (Å²) in [6.45, 7) is 3.20. The smallest absolute Gasteiger partial charge is 0.419 e. The van der Waals surface area contributed by atoms with E-state index >= 15 is 0 Å². The van der Waals surface area contributed by atoms with Crippen LogP contribution in [-0.2, 0) is 0 Å². The van der Waals surface area contributed by atoms with Crippen molar-refractivity contribution in [3.8, 4) is 5.75 Å². The molecule has 0 radical (unpaired) electrons. The Morgan fingerprint density at radius 2 is 2.17 bits per heavy atom. The standard InChI is InChI=1S/C15H19F3N2O3/c1-3-23-12-8-11(5-4-10(12)2)19-13(21)20-7-6-14(22,9-20)15(16,17)18/h4-5,8,22H,3,6-7,9H2,1-2H3,(H,19,21). The molecule has 5 nitrogen and oxygen atoms in total. The Morgan fingerprint density at radius 1 is 1.48 bits per heavy atom. The second-order valence-corrected chi connectivity index (χ2v) is 5.54. The number of nitrogens with one attached hydrogen (secondary N) is 1. The maximum Gasteiger partial charge on any atom is 0.419 e. The molecule has 0 saturated carbocycles. The molecular formula is C15H19F3N2O3. The number of urea groups is 1. The first kappa shape index (κ1) is 17.4. The van der Waals surface area contributed by atoms with E-state index in [0.29, 0.717) is 18.0 Å². The van der Waals surface area contributed by atoms with Gasteiger partial charge in [-0.1, -0.05) is 6.07 Å². The summed E-state index contributed by atoms with van der Waals surface area (Å²) in [5.41, 5.74) is -1.53. The molecule has 1 unspecified atom stereocenters. The van der Waals surface area contributed by atoms with Crippen LogP contribution in [0, 0.1) is 6.92 Å².